The molecule has 0 aliphatic carbocycles. The standard InChI is InChI=1S/C6H10N4O/c1-3-5(11)8-6-9-7-4-10(6)2/h4H,3H2,1-2H3,(H,8,9,11). The number of nitrogens with one attached hydrogen (secondary N) is 1. The molecule has 0 spiro atoms. The molecule has 0 unspecified atom stereocenters. The van der Waals surface area contributed by atoms with Gasteiger partial charge in [-0.3, -0.25) is 10.1 Å². The Balaban J connectivity index is 2.64. The van der Waals surface area contributed by atoms with Crippen molar-refractivity contribution in [2.75, 3.05) is 5.32 Å². The molecule has 0 saturated carbocycles. The van der Waals surface area contributed by atoms with Gasteiger partial charge in [0.05, 0.1) is 0 Å². The van der Waals surface area contributed by atoms with Gasteiger partial charge in [0.15, 0.2) is 0 Å². The second-order valence-corrected chi connectivity index (χ2v) is 2.17. The van der Waals surface area contributed by atoms with Crippen molar-refractivity contribution in [3.63, 3.8) is 0 Å². The lowest BCUT2D eigenvalue weighted by atomic mass is 10.5. The zero-order valence-electron chi connectivity index (χ0n) is 6.53. The SMILES string of the molecule is CCC(=O)Nc1nncn1C. The molecule has 60 valence electrons. The van der Waals surface area contributed by atoms with Gasteiger partial charge in [-0.15, -0.1) is 10.2 Å². The van der Waals surface area contributed by atoms with Crippen molar-refractivity contribution in [3.8, 4) is 0 Å². The summed E-state index contributed by atoms with van der Waals surface area (Å²) in [5.41, 5.74) is 0. The molecule has 0 aromatic carbocycles. The van der Waals surface area contributed by atoms with Crippen LogP contribution in [0.5, 0.6) is 0 Å². The normalized spacial score (nSPS) is 9.64. The highest BCUT2D eigenvalue weighted by molar-refractivity contribution is 5.88. The van der Waals surface area contributed by atoms with Crippen LogP contribution in [0.1, 0.15) is 13.3 Å². The zero-order valence-corrected chi connectivity index (χ0v) is 6.53. The van der Waals surface area contributed by atoms with Crippen LogP contribution < -0.4 is 5.32 Å². The van der Waals surface area contributed by atoms with Gasteiger partial charge >= 0.3 is 0 Å². The number of hydrogen-bond donors (Lipinski definition) is 1. The number of anilines is 1. The highest BCUT2D eigenvalue weighted by atomic mass is 16.1. The van der Waals surface area contributed by atoms with E-state index >= 15 is 0 Å². The molecule has 1 aromatic heterocycles. The van der Waals surface area contributed by atoms with Gasteiger partial charge in [-0.1, -0.05) is 6.92 Å². The number of nitrogens with zero attached hydrogens (tertiary/aromatic N) is 3. The monoisotopic (exact) mass is 154 g/mol. The minimum Gasteiger partial charge on any atom is -0.303 e. The quantitative estimate of drug-likeness (QED) is 0.660. The molecule has 0 fully saturated rings. The number of carbonyl (C=O) groups excluding carboxylic acids is 1. The molecule has 5 heteroatoms. The molecule has 1 heterocycles. The number of aromatic nitrogens is 3. The van der Waals surface area contributed by atoms with E-state index in [4.69, 9.17) is 0 Å². The molecule has 0 aliphatic heterocycles. The summed E-state index contributed by atoms with van der Waals surface area (Å²) in [5.74, 6) is 0.429. The molecule has 1 amide bonds. The lowest BCUT2D eigenvalue weighted by Crippen LogP contribution is -2.12. The summed E-state index contributed by atoms with van der Waals surface area (Å²) in [6, 6.07) is 0. The summed E-state index contributed by atoms with van der Waals surface area (Å²) in [6.45, 7) is 1.78. The van der Waals surface area contributed by atoms with Crippen molar-refractivity contribution >= 4 is 11.9 Å². The van der Waals surface area contributed by atoms with E-state index in [9.17, 15) is 4.79 Å². The van der Waals surface area contributed by atoms with Crippen molar-refractivity contribution in [2.24, 2.45) is 7.05 Å². The Kier molecular flexibility index (Phi) is 2.20. The van der Waals surface area contributed by atoms with Gasteiger partial charge in [0.1, 0.15) is 6.33 Å². The summed E-state index contributed by atoms with van der Waals surface area (Å²) in [4.78, 5) is 10.8. The molecule has 0 saturated heterocycles. The fourth-order valence-corrected chi connectivity index (χ4v) is 0.609. The Bertz CT molecular complexity index is 255. The molecule has 1 N–H and O–H groups in total. The Hall–Kier alpha value is -1.39. The summed E-state index contributed by atoms with van der Waals surface area (Å²) in [5, 5.41) is 9.88. The van der Waals surface area contributed by atoms with Crippen molar-refractivity contribution in [3.05, 3.63) is 6.33 Å². The predicted octanol–water partition coefficient (Wildman–Crippen LogP) is 0.164. The fraction of sp³-hybridized carbons (Fsp3) is 0.500. The van der Waals surface area contributed by atoms with Gasteiger partial charge in [0.25, 0.3) is 0 Å². The molecule has 0 aliphatic rings. The molecule has 1 aromatic rings. The van der Waals surface area contributed by atoms with Gasteiger partial charge in [0, 0.05) is 13.5 Å². The van der Waals surface area contributed by atoms with Crippen LogP contribution in [0.15, 0.2) is 6.33 Å². The maximum atomic E-state index is 10.8. The number of amides is 1. The van der Waals surface area contributed by atoms with E-state index in [1.807, 2.05) is 0 Å². The molecule has 5 nitrogen and oxygen atoms in total. The summed E-state index contributed by atoms with van der Waals surface area (Å²) in [7, 11) is 1.77. The average molecular weight is 154 g/mol. The van der Waals surface area contributed by atoms with E-state index in [1.165, 1.54) is 6.33 Å². The highest BCUT2D eigenvalue weighted by Gasteiger charge is 2.02. The lowest BCUT2D eigenvalue weighted by molar-refractivity contribution is -0.115. The Morgan fingerprint density at radius 3 is 3.00 bits per heavy atom. The van der Waals surface area contributed by atoms with Crippen LogP contribution in [-0.4, -0.2) is 20.7 Å². The molecule has 1 rings (SSSR count). The summed E-state index contributed by atoms with van der Waals surface area (Å²) < 4.78 is 1.65. The van der Waals surface area contributed by atoms with E-state index in [2.05, 4.69) is 15.5 Å². The summed E-state index contributed by atoms with van der Waals surface area (Å²) >= 11 is 0. The van der Waals surface area contributed by atoms with Crippen LogP contribution in [0.25, 0.3) is 0 Å². The van der Waals surface area contributed by atoms with Gasteiger partial charge < -0.3 is 4.57 Å². The predicted molar refractivity (Wildman–Crippen MR) is 39.9 cm³/mol. The van der Waals surface area contributed by atoms with E-state index in [0.717, 1.165) is 0 Å². The van der Waals surface area contributed by atoms with Gasteiger partial charge in [-0.05, 0) is 0 Å². The molecular formula is C6H10N4O. The fourth-order valence-electron chi connectivity index (χ4n) is 0.609. The first kappa shape index (κ1) is 7.71. The first-order valence-corrected chi connectivity index (χ1v) is 3.38. The lowest BCUT2D eigenvalue weighted by Gasteiger charge is -1.99. The highest BCUT2D eigenvalue weighted by Crippen LogP contribution is 1.98. The number of hydrogen-bond acceptors (Lipinski definition) is 3. The Labute approximate surface area is 64.4 Å². The largest absolute Gasteiger partial charge is 0.303 e. The number of carbonyl (C=O) groups is 1. The van der Waals surface area contributed by atoms with Gasteiger partial charge in [0.2, 0.25) is 11.9 Å². The maximum absolute atomic E-state index is 10.8. The van der Waals surface area contributed by atoms with Crippen LogP contribution >= 0.6 is 0 Å². The first-order chi connectivity index (χ1) is 5.24. The van der Waals surface area contributed by atoms with Gasteiger partial charge in [-0.25, -0.2) is 0 Å². The topological polar surface area (TPSA) is 59.8 Å². The Morgan fingerprint density at radius 2 is 2.55 bits per heavy atom. The molecule has 0 atom stereocenters. The second-order valence-electron chi connectivity index (χ2n) is 2.17. The first-order valence-electron chi connectivity index (χ1n) is 3.38. The van der Waals surface area contributed by atoms with E-state index in [-0.39, 0.29) is 5.91 Å². The minimum atomic E-state index is -0.0545. The molecule has 11 heavy (non-hydrogen) atoms. The van der Waals surface area contributed by atoms with E-state index in [0.29, 0.717) is 12.4 Å². The van der Waals surface area contributed by atoms with Crippen molar-refractivity contribution in [1.29, 1.82) is 0 Å². The van der Waals surface area contributed by atoms with Crippen molar-refractivity contribution in [2.45, 2.75) is 13.3 Å². The van der Waals surface area contributed by atoms with Crippen molar-refractivity contribution in [1.82, 2.24) is 14.8 Å². The number of rotatable bonds is 2. The smallest absolute Gasteiger partial charge is 0.230 e. The Morgan fingerprint density at radius 1 is 1.82 bits per heavy atom. The second kappa shape index (κ2) is 3.14. The average Bonchev–Trinajstić information content (AvgIpc) is 2.37. The van der Waals surface area contributed by atoms with Crippen LogP contribution in [0, 0.1) is 0 Å². The molecule has 0 radical (unpaired) electrons. The third-order valence-corrected chi connectivity index (χ3v) is 1.28. The third kappa shape index (κ3) is 1.76. The van der Waals surface area contributed by atoms with Crippen LogP contribution in [0.3, 0.4) is 0 Å². The van der Waals surface area contributed by atoms with Gasteiger partial charge in [-0.2, -0.15) is 0 Å². The minimum absolute atomic E-state index is 0.0545. The van der Waals surface area contributed by atoms with Crippen LogP contribution in [0.2, 0.25) is 0 Å². The number of aryl methyl sites for hydroxylation is 1. The van der Waals surface area contributed by atoms with E-state index < -0.39 is 0 Å². The zero-order chi connectivity index (χ0) is 8.27. The van der Waals surface area contributed by atoms with Crippen LogP contribution in [-0.2, 0) is 11.8 Å². The van der Waals surface area contributed by atoms with Crippen molar-refractivity contribution < 1.29 is 4.79 Å². The van der Waals surface area contributed by atoms with Crippen LogP contribution in [0.4, 0.5) is 5.95 Å². The third-order valence-electron chi connectivity index (χ3n) is 1.28. The molecular weight excluding hydrogens is 144 g/mol. The van der Waals surface area contributed by atoms with E-state index in [1.54, 1.807) is 18.5 Å². The molecule has 0 bridgehead atoms. The maximum Gasteiger partial charge on any atom is 0.230 e. The summed E-state index contributed by atoms with van der Waals surface area (Å²) in [6.07, 6.45) is 1.98.